The van der Waals surface area contributed by atoms with Crippen molar-refractivity contribution in [1.82, 2.24) is 15.0 Å². The molecule has 0 atom stereocenters. The Kier molecular flexibility index (Phi) is 1.93. The zero-order valence-corrected chi connectivity index (χ0v) is 7.72. The van der Waals surface area contributed by atoms with Gasteiger partial charge in [0, 0.05) is 11.6 Å². The highest BCUT2D eigenvalue weighted by Crippen LogP contribution is 2.18. The lowest BCUT2D eigenvalue weighted by Gasteiger charge is -1.92. The molecule has 0 radical (unpaired) electrons. The maximum atomic E-state index is 11.3. The molecule has 2 aromatic rings. The number of nitrogens with zero attached hydrogens (tertiary/aromatic N) is 1. The Morgan fingerprint density at radius 3 is 2.79 bits per heavy atom. The fourth-order valence-corrected chi connectivity index (χ4v) is 1.57. The van der Waals surface area contributed by atoms with E-state index in [1.807, 2.05) is 0 Å². The van der Waals surface area contributed by atoms with Crippen molar-refractivity contribution in [2.45, 2.75) is 0 Å². The number of aromatic nitrogens is 3. The van der Waals surface area contributed by atoms with Crippen LogP contribution >= 0.6 is 11.3 Å². The third-order valence-electron chi connectivity index (χ3n) is 1.62. The molecule has 72 valence electrons. The molecule has 0 bridgehead atoms. The number of H-pyrrole nitrogens is 2. The van der Waals surface area contributed by atoms with Crippen LogP contribution in [0.5, 0.6) is 0 Å². The molecule has 0 aromatic carbocycles. The van der Waals surface area contributed by atoms with Crippen LogP contribution < -0.4 is 17.0 Å². The molecular weight excluding hydrogens is 204 g/mol. The van der Waals surface area contributed by atoms with E-state index in [2.05, 4.69) is 15.0 Å². The van der Waals surface area contributed by atoms with Crippen LogP contribution in [0.25, 0.3) is 11.3 Å². The van der Waals surface area contributed by atoms with E-state index in [1.165, 1.54) is 17.5 Å². The van der Waals surface area contributed by atoms with E-state index in [0.717, 1.165) is 0 Å². The van der Waals surface area contributed by atoms with Gasteiger partial charge in [0.05, 0.1) is 11.3 Å². The van der Waals surface area contributed by atoms with Gasteiger partial charge in [-0.3, -0.25) is 9.78 Å². The number of nitrogens with one attached hydrogen (secondary N) is 2. The molecule has 0 aliphatic rings. The number of hydrogen-bond acceptors (Lipinski definition) is 5. The van der Waals surface area contributed by atoms with Gasteiger partial charge >= 0.3 is 5.69 Å². The normalized spacial score (nSPS) is 10.3. The third-order valence-corrected chi connectivity index (χ3v) is 2.29. The molecular formula is C7H6N4O2S. The van der Waals surface area contributed by atoms with Gasteiger partial charge in [-0.1, -0.05) is 0 Å². The average Bonchev–Trinajstić information content (AvgIpc) is 2.51. The zero-order chi connectivity index (χ0) is 10.1. The average molecular weight is 210 g/mol. The number of hydrogen-bond donors (Lipinski definition) is 3. The van der Waals surface area contributed by atoms with Crippen molar-refractivity contribution in [3.05, 3.63) is 32.4 Å². The molecule has 0 saturated carbocycles. The van der Waals surface area contributed by atoms with Crippen LogP contribution in [0, 0.1) is 0 Å². The second kappa shape index (κ2) is 3.11. The van der Waals surface area contributed by atoms with Gasteiger partial charge in [0.25, 0.3) is 5.56 Å². The van der Waals surface area contributed by atoms with Gasteiger partial charge in [-0.15, -0.1) is 11.3 Å². The van der Waals surface area contributed by atoms with E-state index in [9.17, 15) is 9.59 Å². The largest absolute Gasteiger partial charge is 0.375 e. The van der Waals surface area contributed by atoms with Crippen molar-refractivity contribution in [3.8, 4) is 11.3 Å². The smallest absolute Gasteiger partial charge is 0.325 e. The summed E-state index contributed by atoms with van der Waals surface area (Å²) in [5.74, 6) is 0. The topological polar surface area (TPSA) is 105 Å². The van der Waals surface area contributed by atoms with Gasteiger partial charge in [0.15, 0.2) is 5.13 Å². The predicted molar refractivity (Wildman–Crippen MR) is 53.2 cm³/mol. The molecule has 4 N–H and O–H groups in total. The molecule has 2 rings (SSSR count). The quantitative estimate of drug-likeness (QED) is 0.604. The summed E-state index contributed by atoms with van der Waals surface area (Å²) in [6, 6.07) is 0. The summed E-state index contributed by atoms with van der Waals surface area (Å²) in [5.41, 5.74) is 5.17. The van der Waals surface area contributed by atoms with E-state index < -0.39 is 11.2 Å². The van der Waals surface area contributed by atoms with Crippen LogP contribution in [0.3, 0.4) is 0 Å². The first-order chi connectivity index (χ1) is 6.66. The van der Waals surface area contributed by atoms with Crippen LogP contribution in [-0.2, 0) is 0 Å². The summed E-state index contributed by atoms with van der Waals surface area (Å²) in [4.78, 5) is 30.4. The lowest BCUT2D eigenvalue weighted by atomic mass is 10.3. The molecule has 0 spiro atoms. The minimum Gasteiger partial charge on any atom is -0.375 e. The van der Waals surface area contributed by atoms with Gasteiger partial charge in [-0.25, -0.2) is 9.78 Å². The van der Waals surface area contributed by atoms with Gasteiger partial charge in [0.2, 0.25) is 0 Å². The molecule has 14 heavy (non-hydrogen) atoms. The molecule has 7 heteroatoms. The maximum absolute atomic E-state index is 11.3. The van der Waals surface area contributed by atoms with Gasteiger partial charge in [-0.05, 0) is 0 Å². The Hall–Kier alpha value is -1.89. The Bertz CT molecular complexity index is 567. The highest BCUT2D eigenvalue weighted by atomic mass is 32.1. The Labute approximate surface area is 81.5 Å². The monoisotopic (exact) mass is 210 g/mol. The minimum atomic E-state index is -0.540. The highest BCUT2D eigenvalue weighted by Gasteiger charge is 2.06. The molecule has 2 aromatic heterocycles. The van der Waals surface area contributed by atoms with E-state index in [-0.39, 0.29) is 0 Å². The molecule has 0 aliphatic heterocycles. The molecule has 0 amide bonds. The van der Waals surface area contributed by atoms with E-state index in [1.54, 1.807) is 5.38 Å². The number of nitrogen functional groups attached to an aromatic ring is 1. The van der Waals surface area contributed by atoms with Crippen LogP contribution in [0.4, 0.5) is 5.13 Å². The molecule has 0 unspecified atom stereocenters. The van der Waals surface area contributed by atoms with Gasteiger partial charge in [-0.2, -0.15) is 0 Å². The number of aromatic amines is 2. The third kappa shape index (κ3) is 1.44. The summed E-state index contributed by atoms with van der Waals surface area (Å²) in [7, 11) is 0. The summed E-state index contributed by atoms with van der Waals surface area (Å²) in [5, 5.41) is 2.03. The lowest BCUT2D eigenvalue weighted by molar-refractivity contribution is 1.04. The fraction of sp³-hybridized carbons (Fsp3) is 0. The van der Waals surface area contributed by atoms with Crippen molar-refractivity contribution in [3.63, 3.8) is 0 Å². The highest BCUT2D eigenvalue weighted by molar-refractivity contribution is 7.13. The van der Waals surface area contributed by atoms with Crippen molar-refractivity contribution in [2.24, 2.45) is 0 Å². The van der Waals surface area contributed by atoms with E-state index in [0.29, 0.717) is 16.4 Å². The first-order valence-electron chi connectivity index (χ1n) is 3.70. The van der Waals surface area contributed by atoms with Crippen LogP contribution in [0.2, 0.25) is 0 Å². The summed E-state index contributed by atoms with van der Waals surface area (Å²) in [6.07, 6.45) is 1.32. The zero-order valence-electron chi connectivity index (χ0n) is 6.90. The molecule has 2 heterocycles. The second-order valence-corrected chi connectivity index (χ2v) is 3.45. The van der Waals surface area contributed by atoms with Crippen molar-refractivity contribution in [2.75, 3.05) is 5.73 Å². The standard InChI is InChI=1S/C7H6N4O2S/c8-6-10-4(2-14-6)3-1-9-7(13)11-5(3)12/h1-2H,(H2,8,10)(H2,9,11,12,13). The number of anilines is 1. The van der Waals surface area contributed by atoms with Crippen LogP contribution in [0.1, 0.15) is 0 Å². The van der Waals surface area contributed by atoms with E-state index in [4.69, 9.17) is 5.73 Å². The van der Waals surface area contributed by atoms with Crippen LogP contribution in [-0.4, -0.2) is 15.0 Å². The Balaban J connectivity index is 2.63. The molecule has 0 fully saturated rings. The number of nitrogens with two attached hydrogens (primary N) is 1. The SMILES string of the molecule is Nc1nc(-c2c[nH]c(=O)[nH]c2=O)cs1. The number of rotatable bonds is 1. The van der Waals surface area contributed by atoms with Gasteiger partial charge < -0.3 is 10.7 Å². The maximum Gasteiger partial charge on any atom is 0.325 e. The first kappa shape index (κ1) is 8.70. The van der Waals surface area contributed by atoms with Crippen molar-refractivity contribution >= 4 is 16.5 Å². The fourth-order valence-electron chi connectivity index (χ4n) is 1.01. The Morgan fingerprint density at radius 1 is 1.43 bits per heavy atom. The van der Waals surface area contributed by atoms with Crippen molar-refractivity contribution in [1.29, 1.82) is 0 Å². The predicted octanol–water partition coefficient (Wildman–Crippen LogP) is -0.231. The van der Waals surface area contributed by atoms with Gasteiger partial charge in [0.1, 0.15) is 0 Å². The second-order valence-electron chi connectivity index (χ2n) is 2.56. The number of thiazole rings is 1. The summed E-state index contributed by atoms with van der Waals surface area (Å²) in [6.45, 7) is 0. The summed E-state index contributed by atoms with van der Waals surface area (Å²) < 4.78 is 0. The summed E-state index contributed by atoms with van der Waals surface area (Å²) >= 11 is 1.23. The molecule has 0 aliphatic carbocycles. The molecule has 6 nitrogen and oxygen atoms in total. The Morgan fingerprint density at radius 2 is 2.21 bits per heavy atom. The van der Waals surface area contributed by atoms with Crippen molar-refractivity contribution < 1.29 is 0 Å². The first-order valence-corrected chi connectivity index (χ1v) is 4.58. The minimum absolute atomic E-state index is 0.303. The molecule has 0 saturated heterocycles. The van der Waals surface area contributed by atoms with Crippen LogP contribution in [0.15, 0.2) is 21.2 Å². The lowest BCUT2D eigenvalue weighted by Crippen LogP contribution is -2.22. The van der Waals surface area contributed by atoms with E-state index >= 15 is 0 Å².